The lowest BCUT2D eigenvalue weighted by Gasteiger charge is -2.11. The summed E-state index contributed by atoms with van der Waals surface area (Å²) in [5.41, 5.74) is 7.59. The predicted octanol–water partition coefficient (Wildman–Crippen LogP) is 1.90. The van der Waals surface area contributed by atoms with Crippen LogP contribution in [0, 0.1) is 6.92 Å². The minimum absolute atomic E-state index is 0.0155. The van der Waals surface area contributed by atoms with Crippen molar-refractivity contribution >= 4 is 32.7 Å². The van der Waals surface area contributed by atoms with Crippen LogP contribution in [0.4, 0.5) is 11.4 Å². The second-order valence-electron chi connectivity index (χ2n) is 4.18. The molecule has 2 aromatic rings. The van der Waals surface area contributed by atoms with Gasteiger partial charge in [-0.05, 0) is 42.1 Å². The molecule has 5 N–H and O–H groups in total. The first-order valence-corrected chi connectivity index (χ1v) is 7.99. The van der Waals surface area contributed by atoms with Crippen LogP contribution < -0.4 is 16.2 Å². The quantitative estimate of drug-likeness (QED) is 0.751. The Bertz CT molecular complexity index is 693. The Morgan fingerprint density at radius 3 is 2.63 bits per heavy atom. The number of thiophene rings is 1. The molecular weight excluding hydrogens is 282 g/mol. The van der Waals surface area contributed by atoms with Gasteiger partial charge < -0.3 is 11.1 Å². The van der Waals surface area contributed by atoms with Gasteiger partial charge in [-0.25, -0.2) is 13.6 Å². The van der Waals surface area contributed by atoms with Crippen LogP contribution in [0.2, 0.25) is 0 Å². The Kier molecular flexibility index (Phi) is 3.79. The lowest BCUT2D eigenvalue weighted by Crippen LogP contribution is -2.15. The van der Waals surface area contributed by atoms with E-state index < -0.39 is 10.0 Å². The van der Waals surface area contributed by atoms with Crippen molar-refractivity contribution in [2.75, 3.05) is 11.1 Å². The summed E-state index contributed by atoms with van der Waals surface area (Å²) in [6.45, 7) is 2.56. The first kappa shape index (κ1) is 13.9. The molecule has 0 unspecified atom stereocenters. The molecule has 0 amide bonds. The molecule has 1 aromatic carbocycles. The molecule has 0 aliphatic heterocycles. The number of aryl methyl sites for hydroxylation is 1. The fourth-order valence-electron chi connectivity index (χ4n) is 1.68. The first-order valence-electron chi connectivity index (χ1n) is 5.57. The highest BCUT2D eigenvalue weighted by atomic mass is 32.2. The lowest BCUT2D eigenvalue weighted by atomic mass is 10.2. The van der Waals surface area contributed by atoms with E-state index >= 15 is 0 Å². The van der Waals surface area contributed by atoms with Gasteiger partial charge in [0.2, 0.25) is 10.0 Å². The third-order valence-corrected chi connectivity index (χ3v) is 4.69. The van der Waals surface area contributed by atoms with E-state index in [9.17, 15) is 8.42 Å². The number of nitrogen functional groups attached to an aromatic ring is 1. The number of primary sulfonamides is 1. The molecule has 102 valence electrons. The summed E-state index contributed by atoms with van der Waals surface area (Å²) >= 11 is 1.62. The van der Waals surface area contributed by atoms with Crippen molar-refractivity contribution in [1.82, 2.24) is 0 Å². The van der Waals surface area contributed by atoms with Crippen LogP contribution in [-0.2, 0) is 16.6 Å². The molecule has 0 spiro atoms. The summed E-state index contributed by atoms with van der Waals surface area (Å²) in [6.07, 6.45) is 0. The van der Waals surface area contributed by atoms with Gasteiger partial charge in [0, 0.05) is 17.1 Å². The largest absolute Gasteiger partial charge is 0.399 e. The van der Waals surface area contributed by atoms with Crippen molar-refractivity contribution < 1.29 is 8.42 Å². The zero-order valence-electron chi connectivity index (χ0n) is 10.4. The van der Waals surface area contributed by atoms with Crippen molar-refractivity contribution in [3.63, 3.8) is 0 Å². The normalized spacial score (nSPS) is 11.5. The monoisotopic (exact) mass is 297 g/mol. The predicted molar refractivity (Wildman–Crippen MR) is 78.6 cm³/mol. The maximum atomic E-state index is 11.5. The highest BCUT2D eigenvalue weighted by Gasteiger charge is 2.14. The molecule has 0 saturated heterocycles. The Morgan fingerprint density at radius 2 is 2.05 bits per heavy atom. The number of rotatable bonds is 4. The SMILES string of the molecule is Cc1ccsc1CNc1ccc(N)cc1S(N)(=O)=O. The van der Waals surface area contributed by atoms with E-state index in [-0.39, 0.29) is 4.90 Å². The molecular formula is C12H15N3O2S2. The van der Waals surface area contributed by atoms with Gasteiger partial charge in [0.25, 0.3) is 0 Å². The average Bonchev–Trinajstić information content (AvgIpc) is 2.72. The summed E-state index contributed by atoms with van der Waals surface area (Å²) in [4.78, 5) is 1.17. The van der Waals surface area contributed by atoms with Crippen molar-refractivity contribution in [3.05, 3.63) is 40.1 Å². The van der Waals surface area contributed by atoms with Gasteiger partial charge in [0.1, 0.15) is 4.90 Å². The van der Waals surface area contributed by atoms with E-state index in [0.29, 0.717) is 17.9 Å². The van der Waals surface area contributed by atoms with Gasteiger partial charge in [-0.3, -0.25) is 0 Å². The second-order valence-corrected chi connectivity index (χ2v) is 6.71. The van der Waals surface area contributed by atoms with Gasteiger partial charge in [-0.2, -0.15) is 0 Å². The molecule has 5 nitrogen and oxygen atoms in total. The number of sulfonamides is 1. The van der Waals surface area contributed by atoms with Gasteiger partial charge in [0.15, 0.2) is 0 Å². The highest BCUT2D eigenvalue weighted by Crippen LogP contribution is 2.24. The summed E-state index contributed by atoms with van der Waals surface area (Å²) in [5.74, 6) is 0. The van der Waals surface area contributed by atoms with E-state index in [0.717, 1.165) is 4.88 Å². The van der Waals surface area contributed by atoms with Crippen LogP contribution >= 0.6 is 11.3 Å². The summed E-state index contributed by atoms with van der Waals surface area (Å²) in [7, 11) is -3.80. The van der Waals surface area contributed by atoms with Crippen LogP contribution in [-0.4, -0.2) is 8.42 Å². The summed E-state index contributed by atoms with van der Waals surface area (Å²) < 4.78 is 23.0. The lowest BCUT2D eigenvalue weighted by molar-refractivity contribution is 0.598. The Morgan fingerprint density at radius 1 is 1.32 bits per heavy atom. The van der Waals surface area contributed by atoms with Gasteiger partial charge in [-0.15, -0.1) is 11.3 Å². The molecule has 7 heteroatoms. The smallest absolute Gasteiger partial charge is 0.240 e. The van der Waals surface area contributed by atoms with Crippen molar-refractivity contribution in [2.45, 2.75) is 18.4 Å². The summed E-state index contributed by atoms with van der Waals surface area (Å²) in [5, 5.41) is 10.3. The zero-order valence-corrected chi connectivity index (χ0v) is 12.0. The third-order valence-electron chi connectivity index (χ3n) is 2.72. The Hall–Kier alpha value is -1.57. The number of nitrogens with one attached hydrogen (secondary N) is 1. The van der Waals surface area contributed by atoms with Gasteiger partial charge >= 0.3 is 0 Å². The van der Waals surface area contributed by atoms with Crippen molar-refractivity contribution in [3.8, 4) is 0 Å². The van der Waals surface area contributed by atoms with Crippen LogP contribution in [0.1, 0.15) is 10.4 Å². The molecule has 1 heterocycles. The Balaban J connectivity index is 2.28. The minimum Gasteiger partial charge on any atom is -0.399 e. The molecule has 19 heavy (non-hydrogen) atoms. The molecule has 0 saturated carbocycles. The molecule has 0 atom stereocenters. The molecule has 0 radical (unpaired) electrons. The van der Waals surface area contributed by atoms with Crippen molar-refractivity contribution in [1.29, 1.82) is 0 Å². The molecule has 0 bridgehead atoms. The number of nitrogens with two attached hydrogens (primary N) is 2. The molecule has 0 fully saturated rings. The van der Waals surface area contributed by atoms with E-state index in [2.05, 4.69) is 5.32 Å². The number of hydrogen-bond acceptors (Lipinski definition) is 5. The van der Waals surface area contributed by atoms with Crippen LogP contribution in [0.25, 0.3) is 0 Å². The van der Waals surface area contributed by atoms with Gasteiger partial charge in [0.05, 0.1) is 5.69 Å². The fourth-order valence-corrected chi connectivity index (χ4v) is 3.27. The maximum absolute atomic E-state index is 11.5. The van der Waals surface area contributed by atoms with Gasteiger partial charge in [-0.1, -0.05) is 0 Å². The van der Waals surface area contributed by atoms with Crippen LogP contribution in [0.5, 0.6) is 0 Å². The second kappa shape index (κ2) is 5.20. The maximum Gasteiger partial charge on any atom is 0.240 e. The first-order chi connectivity index (χ1) is 8.88. The zero-order chi connectivity index (χ0) is 14.0. The van der Waals surface area contributed by atoms with E-state index in [1.54, 1.807) is 23.5 Å². The Labute approximate surface area is 116 Å². The molecule has 0 aliphatic carbocycles. The van der Waals surface area contributed by atoms with E-state index in [4.69, 9.17) is 10.9 Å². The number of anilines is 2. The minimum atomic E-state index is -3.80. The van der Waals surface area contributed by atoms with Crippen LogP contribution in [0.3, 0.4) is 0 Å². The topological polar surface area (TPSA) is 98.2 Å². The van der Waals surface area contributed by atoms with E-state index in [1.807, 2.05) is 18.4 Å². The van der Waals surface area contributed by atoms with Crippen molar-refractivity contribution in [2.24, 2.45) is 5.14 Å². The summed E-state index contributed by atoms with van der Waals surface area (Å²) in [6, 6.07) is 6.64. The van der Waals surface area contributed by atoms with E-state index in [1.165, 1.54) is 11.6 Å². The highest BCUT2D eigenvalue weighted by molar-refractivity contribution is 7.89. The standard InChI is InChI=1S/C12H15N3O2S2/c1-8-4-5-18-11(8)7-15-10-3-2-9(13)6-12(10)19(14,16)17/h2-6,15H,7,13H2,1H3,(H2,14,16,17). The third kappa shape index (κ3) is 3.25. The molecule has 0 aliphatic rings. The fraction of sp³-hybridized carbons (Fsp3) is 0.167. The average molecular weight is 297 g/mol. The number of hydrogen-bond donors (Lipinski definition) is 3. The molecule has 1 aromatic heterocycles. The molecule has 2 rings (SSSR count). The van der Waals surface area contributed by atoms with Crippen LogP contribution in [0.15, 0.2) is 34.5 Å². The number of benzene rings is 1.